The highest BCUT2D eigenvalue weighted by Gasteiger charge is 2.13. The first-order chi connectivity index (χ1) is 19.1. The van der Waals surface area contributed by atoms with Gasteiger partial charge >= 0.3 is 0 Å². The topological polar surface area (TPSA) is 38.9 Å². The number of benzene rings is 1. The van der Waals surface area contributed by atoms with Crippen molar-refractivity contribution < 1.29 is 0 Å². The summed E-state index contributed by atoms with van der Waals surface area (Å²) in [5, 5.41) is 0.813. The Labute approximate surface area is 255 Å². The minimum atomic E-state index is 0.600. The maximum absolute atomic E-state index is 6.11. The number of hydrogen-bond donors (Lipinski definition) is 1. The van der Waals surface area contributed by atoms with Crippen LogP contribution in [0.4, 0.5) is 5.82 Å². The molecule has 2 N–H and O–H groups in total. The summed E-state index contributed by atoms with van der Waals surface area (Å²) >= 11 is 6.11. The van der Waals surface area contributed by atoms with Crippen molar-refractivity contribution in [1.82, 2.24) is 4.98 Å². The first-order valence-electron chi connectivity index (χ1n) is 15.9. The van der Waals surface area contributed by atoms with E-state index in [1.165, 1.54) is 79.2 Å². The normalized spacial score (nSPS) is 9.65. The summed E-state index contributed by atoms with van der Waals surface area (Å²) in [5.41, 5.74) is 11.7. The van der Waals surface area contributed by atoms with Crippen molar-refractivity contribution in [2.45, 2.75) is 134 Å². The highest BCUT2D eigenvalue weighted by Crippen LogP contribution is 2.31. The van der Waals surface area contributed by atoms with Crippen molar-refractivity contribution in [3.63, 3.8) is 0 Å². The number of nitrogens with zero attached hydrogens (tertiary/aromatic N) is 1. The van der Waals surface area contributed by atoms with Crippen LogP contribution in [0, 0.1) is 18.8 Å². The van der Waals surface area contributed by atoms with Crippen LogP contribution >= 0.6 is 11.6 Å². The molecule has 0 amide bonds. The molecular weight excluding hydrogens is 508 g/mol. The number of aromatic nitrogens is 1. The van der Waals surface area contributed by atoms with E-state index in [2.05, 4.69) is 72.7 Å². The lowest BCUT2D eigenvalue weighted by Gasteiger charge is -2.19. The second-order valence-electron chi connectivity index (χ2n) is 9.88. The first-order valence-corrected chi connectivity index (χ1v) is 16.3. The van der Waals surface area contributed by atoms with Gasteiger partial charge < -0.3 is 5.73 Å². The molecule has 1 aromatic heterocycles. The Morgan fingerprint density at radius 3 is 1.62 bits per heavy atom. The van der Waals surface area contributed by atoms with Crippen LogP contribution in [-0.2, 0) is 6.42 Å². The highest BCUT2D eigenvalue weighted by atomic mass is 35.5. The zero-order valence-corrected chi connectivity index (χ0v) is 29.1. The number of halogens is 1. The van der Waals surface area contributed by atoms with Gasteiger partial charge in [0.2, 0.25) is 0 Å². The molecule has 0 aliphatic heterocycles. The quantitative estimate of drug-likeness (QED) is 0.257. The van der Waals surface area contributed by atoms with Crippen LogP contribution in [0.3, 0.4) is 0 Å². The largest absolute Gasteiger partial charge is 0.384 e. The molecule has 2 aromatic rings. The molecule has 2 rings (SSSR count). The second-order valence-corrected chi connectivity index (χ2v) is 10.3. The Bertz CT molecular complexity index is 855. The summed E-state index contributed by atoms with van der Waals surface area (Å²) in [6, 6.07) is 10.1. The van der Waals surface area contributed by atoms with E-state index in [0.29, 0.717) is 11.7 Å². The van der Waals surface area contributed by atoms with Crippen LogP contribution in [0.5, 0.6) is 0 Å². The molecule has 0 atom stereocenters. The molecule has 40 heavy (non-hydrogen) atoms. The fourth-order valence-corrected chi connectivity index (χ4v) is 4.69. The van der Waals surface area contributed by atoms with E-state index in [-0.39, 0.29) is 0 Å². The van der Waals surface area contributed by atoms with Crippen LogP contribution in [0.2, 0.25) is 5.02 Å². The van der Waals surface area contributed by atoms with Crippen molar-refractivity contribution in [2.75, 3.05) is 5.73 Å². The Morgan fingerprint density at radius 1 is 0.800 bits per heavy atom. The molecule has 0 spiro atoms. The minimum Gasteiger partial charge on any atom is -0.384 e. The first kappa shape index (κ1) is 42.4. The summed E-state index contributed by atoms with van der Waals surface area (Å²) in [7, 11) is 0. The van der Waals surface area contributed by atoms with E-state index in [1.807, 2.05) is 52.0 Å². The summed E-state index contributed by atoms with van der Waals surface area (Å²) in [6.07, 6.45) is 12.8. The van der Waals surface area contributed by atoms with Crippen LogP contribution in [-0.4, -0.2) is 4.98 Å². The Kier molecular flexibility index (Phi) is 30.2. The molecule has 0 fully saturated rings. The van der Waals surface area contributed by atoms with Gasteiger partial charge in [0.05, 0.1) is 0 Å². The zero-order valence-electron chi connectivity index (χ0n) is 28.3. The third-order valence-corrected chi connectivity index (χ3v) is 6.62. The standard InChI is InChI=1S/C16H23Cl.C10H20.C7H10N2.2C2H6/c1-5-7-14(8-6-2)13(4)15-9-12(3)10-16(17)11-15;1-5-7-10(8-6-2)9(3)4;1-2-6-3-4-9-7(8)5-6;2*1-2/h9-11,14H,4-8H2,1-3H3;10H,3,5-8H2,1-2,4H3;3-5H,2H2,1H3,(H2,8,9);2*1-2H3. The fourth-order valence-electron chi connectivity index (χ4n) is 4.40. The van der Waals surface area contributed by atoms with Crippen LogP contribution in [0.1, 0.15) is 137 Å². The van der Waals surface area contributed by atoms with Crippen LogP contribution in [0.25, 0.3) is 5.57 Å². The van der Waals surface area contributed by atoms with Crippen molar-refractivity contribution in [2.24, 2.45) is 11.8 Å². The Hall–Kier alpha value is -2.06. The number of hydrogen-bond acceptors (Lipinski definition) is 2. The van der Waals surface area contributed by atoms with Crippen molar-refractivity contribution in [3.05, 3.63) is 77.0 Å². The Balaban J connectivity index is -0.000000511. The van der Waals surface area contributed by atoms with E-state index in [9.17, 15) is 0 Å². The number of pyridine rings is 1. The number of nitrogen functional groups attached to an aromatic ring is 1. The van der Waals surface area contributed by atoms with Gasteiger partial charge in [-0.2, -0.15) is 0 Å². The lowest BCUT2D eigenvalue weighted by atomic mass is 9.86. The van der Waals surface area contributed by atoms with Gasteiger partial charge in [-0.15, -0.1) is 0 Å². The van der Waals surface area contributed by atoms with Crippen LogP contribution in [0.15, 0.2) is 55.3 Å². The average Bonchev–Trinajstić information content (AvgIpc) is 2.94. The number of anilines is 1. The lowest BCUT2D eigenvalue weighted by molar-refractivity contribution is 0.505. The number of nitrogens with two attached hydrogens (primary N) is 1. The molecule has 0 unspecified atom stereocenters. The van der Waals surface area contributed by atoms with Gasteiger partial charge in [-0.1, -0.05) is 124 Å². The highest BCUT2D eigenvalue weighted by molar-refractivity contribution is 6.30. The molecule has 0 aliphatic carbocycles. The minimum absolute atomic E-state index is 0.600. The van der Waals surface area contributed by atoms with E-state index in [1.54, 1.807) is 6.20 Å². The van der Waals surface area contributed by atoms with Gasteiger partial charge in [0, 0.05) is 11.2 Å². The smallest absolute Gasteiger partial charge is 0.123 e. The molecule has 230 valence electrons. The van der Waals surface area contributed by atoms with Gasteiger partial charge in [0.15, 0.2) is 0 Å². The third kappa shape index (κ3) is 20.8. The summed E-state index contributed by atoms with van der Waals surface area (Å²) < 4.78 is 0. The number of aryl methyl sites for hydroxylation is 2. The lowest BCUT2D eigenvalue weighted by Crippen LogP contribution is -2.02. The van der Waals surface area contributed by atoms with E-state index in [0.717, 1.165) is 17.4 Å². The molecule has 0 radical (unpaired) electrons. The van der Waals surface area contributed by atoms with Gasteiger partial charge in [0.25, 0.3) is 0 Å². The Morgan fingerprint density at radius 2 is 1.27 bits per heavy atom. The molecule has 0 saturated heterocycles. The molecule has 3 heteroatoms. The van der Waals surface area contributed by atoms with E-state index < -0.39 is 0 Å². The molecule has 1 heterocycles. The zero-order chi connectivity index (χ0) is 31.5. The molecular formula is C37H65ClN2. The predicted octanol–water partition coefficient (Wildman–Crippen LogP) is 12.9. The predicted molar refractivity (Wildman–Crippen MR) is 187 cm³/mol. The monoisotopic (exact) mass is 572 g/mol. The third-order valence-electron chi connectivity index (χ3n) is 6.40. The van der Waals surface area contributed by atoms with Gasteiger partial charge in [0.1, 0.15) is 5.82 Å². The van der Waals surface area contributed by atoms with E-state index >= 15 is 0 Å². The average molecular weight is 573 g/mol. The maximum atomic E-state index is 6.11. The van der Waals surface area contributed by atoms with Crippen molar-refractivity contribution in [1.29, 1.82) is 0 Å². The number of rotatable bonds is 12. The second kappa shape index (κ2) is 28.5. The maximum Gasteiger partial charge on any atom is 0.123 e. The summed E-state index contributed by atoms with van der Waals surface area (Å²) in [5.74, 6) is 1.99. The molecule has 1 aromatic carbocycles. The molecule has 0 aliphatic rings. The molecule has 0 saturated carbocycles. The molecule has 2 nitrogen and oxygen atoms in total. The van der Waals surface area contributed by atoms with Gasteiger partial charge in [-0.25, -0.2) is 4.98 Å². The van der Waals surface area contributed by atoms with Crippen LogP contribution < -0.4 is 5.73 Å². The van der Waals surface area contributed by atoms with Crippen molar-refractivity contribution >= 4 is 23.0 Å². The van der Waals surface area contributed by atoms with E-state index in [4.69, 9.17) is 17.3 Å². The van der Waals surface area contributed by atoms with Gasteiger partial charge in [-0.05, 0) is 104 Å². The van der Waals surface area contributed by atoms with Crippen molar-refractivity contribution in [3.8, 4) is 0 Å². The molecule has 0 bridgehead atoms. The van der Waals surface area contributed by atoms with Gasteiger partial charge in [-0.3, -0.25) is 0 Å². The SMILES string of the molecule is C=C(C)C(CCC)CCC.C=C(c1cc(C)cc(Cl)c1)C(CCC)CCC.CC.CC.CCc1ccnc(N)c1. The summed E-state index contributed by atoms with van der Waals surface area (Å²) in [4.78, 5) is 3.87. The summed E-state index contributed by atoms with van der Waals surface area (Å²) in [6.45, 7) is 31.6. The number of allylic oxidation sites excluding steroid dienone is 2. The fraction of sp³-hybridized carbons (Fsp3) is 0.595.